The number of likely N-dealkylation sites (tertiary alicyclic amines) is 1. The topological polar surface area (TPSA) is 65.5 Å². The first-order chi connectivity index (χ1) is 12.2. The number of aromatic nitrogens is 1. The van der Waals surface area contributed by atoms with E-state index in [0.29, 0.717) is 25.9 Å². The summed E-state index contributed by atoms with van der Waals surface area (Å²) in [5, 5.41) is 14.3. The van der Waals surface area contributed by atoms with E-state index in [1.807, 2.05) is 29.2 Å². The summed E-state index contributed by atoms with van der Waals surface area (Å²) in [4.78, 5) is 18.5. The van der Waals surface area contributed by atoms with Gasteiger partial charge < -0.3 is 15.3 Å². The number of carbonyl (C=O) groups is 1. The third-order valence-corrected chi connectivity index (χ3v) is 5.44. The molecule has 0 spiro atoms. The van der Waals surface area contributed by atoms with Crippen LogP contribution in [0, 0.1) is 0 Å². The lowest BCUT2D eigenvalue weighted by molar-refractivity contribution is -0.0136. The summed E-state index contributed by atoms with van der Waals surface area (Å²) in [7, 11) is 0. The van der Waals surface area contributed by atoms with Crippen molar-refractivity contribution >= 4 is 6.03 Å². The summed E-state index contributed by atoms with van der Waals surface area (Å²) in [6.07, 6.45) is 6.49. The van der Waals surface area contributed by atoms with E-state index in [-0.39, 0.29) is 12.1 Å². The Kier molecular flexibility index (Phi) is 4.17. The van der Waals surface area contributed by atoms with E-state index < -0.39 is 5.60 Å². The van der Waals surface area contributed by atoms with Gasteiger partial charge in [0.1, 0.15) is 0 Å². The zero-order valence-electron chi connectivity index (χ0n) is 14.2. The van der Waals surface area contributed by atoms with Crippen molar-refractivity contribution in [2.45, 2.75) is 43.9 Å². The maximum atomic E-state index is 12.7. The molecule has 1 fully saturated rings. The minimum Gasteiger partial charge on any atom is -0.387 e. The molecule has 4 rings (SSSR count). The molecule has 0 saturated carbocycles. The Balaban J connectivity index is 1.45. The number of carbonyl (C=O) groups excluding carboxylic acids is 1. The van der Waals surface area contributed by atoms with Crippen LogP contribution < -0.4 is 5.32 Å². The van der Waals surface area contributed by atoms with Crippen LogP contribution >= 0.6 is 0 Å². The summed E-state index contributed by atoms with van der Waals surface area (Å²) in [5.41, 5.74) is 2.57. The highest BCUT2D eigenvalue weighted by atomic mass is 16.3. The number of rotatable bonds is 3. The smallest absolute Gasteiger partial charge is 0.318 e. The van der Waals surface area contributed by atoms with Crippen molar-refractivity contribution in [3.05, 3.63) is 65.5 Å². The fourth-order valence-corrected chi connectivity index (χ4v) is 4.21. The van der Waals surface area contributed by atoms with Gasteiger partial charge in [0.25, 0.3) is 0 Å². The molecule has 2 N–H and O–H groups in total. The molecule has 2 aromatic rings. The summed E-state index contributed by atoms with van der Waals surface area (Å²) >= 11 is 0. The van der Waals surface area contributed by atoms with Crippen LogP contribution in [0.15, 0.2) is 48.8 Å². The summed E-state index contributed by atoms with van der Waals surface area (Å²) in [6, 6.07) is 11.7. The standard InChI is InChI=1S/C20H23N3O2/c24-19(22-14-15-7-9-21-10-8-15)23-11-3-6-18(23)20(25)12-16-4-1-2-5-17(16)13-20/h1-2,4-5,7-10,18,25H,3,6,11-14H2,(H,22,24)/t18-/m1/s1. The molecule has 1 saturated heterocycles. The van der Waals surface area contributed by atoms with Crippen LogP contribution in [0.5, 0.6) is 0 Å². The van der Waals surface area contributed by atoms with E-state index in [1.54, 1.807) is 12.4 Å². The highest BCUT2D eigenvalue weighted by Crippen LogP contribution is 2.38. The number of nitrogens with zero attached hydrogens (tertiary/aromatic N) is 2. The maximum Gasteiger partial charge on any atom is 0.318 e. The van der Waals surface area contributed by atoms with Gasteiger partial charge in [0.05, 0.1) is 11.6 Å². The number of amides is 2. The van der Waals surface area contributed by atoms with E-state index in [2.05, 4.69) is 22.4 Å². The Bertz CT molecular complexity index is 738. The number of hydrogen-bond donors (Lipinski definition) is 2. The largest absolute Gasteiger partial charge is 0.387 e. The van der Waals surface area contributed by atoms with Crippen LogP contribution in [0.3, 0.4) is 0 Å². The second-order valence-electron chi connectivity index (χ2n) is 7.09. The minimum atomic E-state index is -0.853. The van der Waals surface area contributed by atoms with Crippen LogP contribution in [0.1, 0.15) is 29.5 Å². The highest BCUT2D eigenvalue weighted by Gasteiger charge is 2.47. The fourth-order valence-electron chi connectivity index (χ4n) is 4.21. The van der Waals surface area contributed by atoms with Crippen molar-refractivity contribution in [1.82, 2.24) is 15.2 Å². The normalized spacial score (nSPS) is 21.2. The van der Waals surface area contributed by atoms with Crippen molar-refractivity contribution < 1.29 is 9.90 Å². The number of aliphatic hydroxyl groups is 1. The highest BCUT2D eigenvalue weighted by molar-refractivity contribution is 5.75. The molecule has 2 aliphatic rings. The number of benzene rings is 1. The van der Waals surface area contributed by atoms with Gasteiger partial charge in [-0.3, -0.25) is 4.98 Å². The molecular weight excluding hydrogens is 314 g/mol. The monoisotopic (exact) mass is 337 g/mol. The Hall–Kier alpha value is -2.40. The average molecular weight is 337 g/mol. The van der Waals surface area contributed by atoms with Crippen molar-refractivity contribution in [1.29, 1.82) is 0 Å². The van der Waals surface area contributed by atoms with E-state index in [1.165, 1.54) is 11.1 Å². The number of fused-ring (bicyclic) bond motifs is 1. The lowest BCUT2D eigenvalue weighted by Gasteiger charge is -2.36. The van der Waals surface area contributed by atoms with Crippen LogP contribution in [-0.2, 0) is 19.4 Å². The van der Waals surface area contributed by atoms with Gasteiger partial charge in [-0.1, -0.05) is 24.3 Å². The molecule has 130 valence electrons. The van der Waals surface area contributed by atoms with Crippen LogP contribution in [0.25, 0.3) is 0 Å². The third-order valence-electron chi connectivity index (χ3n) is 5.44. The molecule has 2 amide bonds. The summed E-state index contributed by atoms with van der Waals surface area (Å²) in [6.45, 7) is 1.18. The van der Waals surface area contributed by atoms with E-state index in [0.717, 1.165) is 18.4 Å². The quantitative estimate of drug-likeness (QED) is 0.903. The molecule has 1 aliphatic carbocycles. The predicted molar refractivity (Wildman–Crippen MR) is 95.0 cm³/mol. The molecule has 1 aromatic heterocycles. The first-order valence-corrected chi connectivity index (χ1v) is 8.88. The molecule has 0 bridgehead atoms. The number of pyridine rings is 1. The molecule has 1 aromatic carbocycles. The minimum absolute atomic E-state index is 0.0938. The SMILES string of the molecule is O=C(NCc1ccncc1)N1CCC[C@@H]1C1(O)Cc2ccccc2C1. The zero-order valence-corrected chi connectivity index (χ0v) is 14.2. The third kappa shape index (κ3) is 3.12. The van der Waals surface area contributed by atoms with Gasteiger partial charge in [-0.15, -0.1) is 0 Å². The summed E-state index contributed by atoms with van der Waals surface area (Å²) < 4.78 is 0. The maximum absolute atomic E-state index is 12.7. The second kappa shape index (κ2) is 6.48. The molecule has 0 unspecified atom stereocenters. The second-order valence-corrected chi connectivity index (χ2v) is 7.09. The van der Waals surface area contributed by atoms with E-state index in [9.17, 15) is 9.90 Å². The van der Waals surface area contributed by atoms with Crippen molar-refractivity contribution in [2.24, 2.45) is 0 Å². The summed E-state index contributed by atoms with van der Waals surface area (Å²) in [5.74, 6) is 0. The molecule has 25 heavy (non-hydrogen) atoms. The van der Waals surface area contributed by atoms with Gasteiger partial charge in [-0.05, 0) is 41.7 Å². The predicted octanol–water partition coefficient (Wildman–Crippen LogP) is 2.29. The van der Waals surface area contributed by atoms with Crippen molar-refractivity contribution in [2.75, 3.05) is 6.54 Å². The lowest BCUT2D eigenvalue weighted by Crippen LogP contribution is -2.54. The lowest BCUT2D eigenvalue weighted by atomic mass is 9.89. The van der Waals surface area contributed by atoms with Gasteiger partial charge >= 0.3 is 6.03 Å². The van der Waals surface area contributed by atoms with E-state index >= 15 is 0 Å². The molecule has 1 atom stereocenters. The van der Waals surface area contributed by atoms with Crippen molar-refractivity contribution in [3.8, 4) is 0 Å². The number of urea groups is 1. The molecule has 1 aliphatic heterocycles. The van der Waals surface area contributed by atoms with Gasteiger partial charge in [-0.25, -0.2) is 4.79 Å². The average Bonchev–Trinajstić information content (AvgIpc) is 3.25. The van der Waals surface area contributed by atoms with Gasteiger partial charge in [0.15, 0.2) is 0 Å². The first-order valence-electron chi connectivity index (χ1n) is 8.88. The van der Waals surface area contributed by atoms with E-state index in [4.69, 9.17) is 0 Å². The molecule has 5 nitrogen and oxygen atoms in total. The molecule has 5 heteroatoms. The Morgan fingerprint density at radius 1 is 1.20 bits per heavy atom. The first kappa shape index (κ1) is 16.1. The Morgan fingerprint density at radius 2 is 1.88 bits per heavy atom. The van der Waals surface area contributed by atoms with Gasteiger partial charge in [-0.2, -0.15) is 0 Å². The zero-order chi connectivity index (χ0) is 17.3. The Morgan fingerprint density at radius 3 is 2.56 bits per heavy atom. The fraction of sp³-hybridized carbons (Fsp3) is 0.400. The van der Waals surface area contributed by atoms with Crippen molar-refractivity contribution in [3.63, 3.8) is 0 Å². The number of nitrogens with one attached hydrogen (secondary N) is 1. The molecule has 2 heterocycles. The number of hydrogen-bond acceptors (Lipinski definition) is 3. The van der Waals surface area contributed by atoms with Crippen LogP contribution in [-0.4, -0.2) is 39.2 Å². The van der Waals surface area contributed by atoms with Crippen LogP contribution in [0.4, 0.5) is 4.79 Å². The van der Waals surface area contributed by atoms with Crippen LogP contribution in [0.2, 0.25) is 0 Å². The van der Waals surface area contributed by atoms with Gasteiger partial charge in [0.2, 0.25) is 0 Å². The molecular formula is C20H23N3O2. The Labute approximate surface area is 147 Å². The molecule has 0 radical (unpaired) electrons. The van der Waals surface area contributed by atoms with Gasteiger partial charge in [0, 0.05) is 38.3 Å².